The molecular formula is C43H48ClN9O5S2. The van der Waals surface area contributed by atoms with Crippen molar-refractivity contribution in [3.8, 4) is 15.4 Å². The Labute approximate surface area is 361 Å². The maximum atomic E-state index is 14.2. The zero-order valence-corrected chi connectivity index (χ0v) is 36.9. The highest BCUT2D eigenvalue weighted by atomic mass is 35.5. The number of rotatable bonds is 11. The second kappa shape index (κ2) is 17.4. The number of aryl methyl sites for hydroxylation is 3. The molecule has 0 bridgehead atoms. The molecule has 4 atom stereocenters. The molecule has 314 valence electrons. The number of nitrogens with zero attached hydrogens (tertiary/aromatic N) is 6. The van der Waals surface area contributed by atoms with Crippen LogP contribution < -0.4 is 16.0 Å². The van der Waals surface area contributed by atoms with Crippen LogP contribution in [0, 0.1) is 33.1 Å². The second-order valence-electron chi connectivity index (χ2n) is 16.3. The van der Waals surface area contributed by atoms with Gasteiger partial charge in [-0.3, -0.25) is 28.7 Å². The summed E-state index contributed by atoms with van der Waals surface area (Å²) in [6.45, 7) is 13.1. The number of carbonyl (C=O) groups excluding carboxylic acids is 4. The molecule has 4 amide bonds. The molecule has 0 radical (unpaired) electrons. The van der Waals surface area contributed by atoms with Gasteiger partial charge in [0.2, 0.25) is 23.6 Å². The van der Waals surface area contributed by atoms with Crippen molar-refractivity contribution in [1.29, 1.82) is 0 Å². The van der Waals surface area contributed by atoms with Crippen LogP contribution in [-0.2, 0) is 25.7 Å². The summed E-state index contributed by atoms with van der Waals surface area (Å²) in [5.74, 6) is -0.790. The van der Waals surface area contributed by atoms with Crippen LogP contribution in [-0.4, -0.2) is 90.4 Å². The molecule has 17 heteroatoms. The first-order valence-electron chi connectivity index (χ1n) is 19.7. The molecule has 2 aliphatic rings. The van der Waals surface area contributed by atoms with Gasteiger partial charge >= 0.3 is 0 Å². The quantitative estimate of drug-likeness (QED) is 0.133. The number of hydrogen-bond donors (Lipinski definition) is 4. The van der Waals surface area contributed by atoms with Crippen LogP contribution in [0.3, 0.4) is 0 Å². The third-order valence-corrected chi connectivity index (χ3v) is 13.3. The van der Waals surface area contributed by atoms with E-state index in [0.29, 0.717) is 22.4 Å². The highest BCUT2D eigenvalue weighted by molar-refractivity contribution is 7.15. The molecule has 0 aliphatic carbocycles. The SMILES string of the molecule is Cc1ncsc1-c1ccc(CNC(=O)[C@@H]2C[C@@H](O)CN2C(=O)[C@@H](NC(=O)CNC(=O)C[C@@H]2N=C(c3ccc(Cl)cc3)c3c(sc(C)c3C)-n3c(C)nnc32)C(C)(C)C)cc1. The predicted octanol–water partition coefficient (Wildman–Crippen LogP) is 5.55. The fraction of sp³-hybridized carbons (Fsp3) is 0.395. The van der Waals surface area contributed by atoms with E-state index in [0.717, 1.165) is 48.3 Å². The largest absolute Gasteiger partial charge is 0.391 e. The lowest BCUT2D eigenvalue weighted by Gasteiger charge is -2.35. The lowest BCUT2D eigenvalue weighted by Crippen LogP contribution is -2.58. The van der Waals surface area contributed by atoms with Gasteiger partial charge in [-0.15, -0.1) is 32.9 Å². The molecule has 0 unspecified atom stereocenters. The first-order valence-corrected chi connectivity index (χ1v) is 21.8. The fourth-order valence-corrected chi connectivity index (χ4v) is 9.70. The number of aromatic nitrogens is 4. The molecule has 60 heavy (non-hydrogen) atoms. The number of aliphatic imine (C=N–C) groups is 1. The van der Waals surface area contributed by atoms with Crippen molar-refractivity contribution in [2.75, 3.05) is 13.1 Å². The van der Waals surface area contributed by atoms with E-state index in [1.165, 1.54) is 4.90 Å². The molecule has 3 aromatic heterocycles. The van der Waals surface area contributed by atoms with E-state index in [9.17, 15) is 24.3 Å². The summed E-state index contributed by atoms with van der Waals surface area (Å²) in [5.41, 5.74) is 7.42. The van der Waals surface area contributed by atoms with E-state index >= 15 is 0 Å². The Balaban J connectivity index is 1.01. The summed E-state index contributed by atoms with van der Waals surface area (Å²) >= 11 is 9.41. The first kappa shape index (κ1) is 42.8. The van der Waals surface area contributed by atoms with Crippen LogP contribution in [0.4, 0.5) is 0 Å². The monoisotopic (exact) mass is 869 g/mol. The van der Waals surface area contributed by atoms with E-state index in [-0.39, 0.29) is 25.9 Å². The zero-order chi connectivity index (χ0) is 43.0. The number of aliphatic hydroxyl groups excluding tert-OH is 1. The molecule has 2 aliphatic heterocycles. The molecule has 5 aromatic rings. The highest BCUT2D eigenvalue weighted by Crippen LogP contribution is 2.40. The van der Waals surface area contributed by atoms with Gasteiger partial charge in [-0.05, 0) is 61.9 Å². The molecule has 0 spiro atoms. The Morgan fingerprint density at radius 3 is 2.32 bits per heavy atom. The average molecular weight is 871 g/mol. The number of likely N-dealkylation sites (tertiary alicyclic amines) is 1. The average Bonchev–Trinajstić information content (AvgIpc) is 3.97. The number of nitrogens with one attached hydrogen (secondary N) is 3. The minimum atomic E-state index is -1.06. The van der Waals surface area contributed by atoms with Crippen LogP contribution in [0.15, 0.2) is 59.0 Å². The summed E-state index contributed by atoms with van der Waals surface area (Å²) in [4.78, 5) is 67.8. The smallest absolute Gasteiger partial charge is 0.246 e. The van der Waals surface area contributed by atoms with Crippen LogP contribution in [0.5, 0.6) is 0 Å². The summed E-state index contributed by atoms with van der Waals surface area (Å²) in [7, 11) is 0. The lowest BCUT2D eigenvalue weighted by atomic mass is 9.85. The van der Waals surface area contributed by atoms with Gasteiger partial charge in [0.05, 0.1) is 40.9 Å². The number of β-amino-alcohol motifs (C(OH)–C–C–N with tert-alkyl or cyclic N) is 1. The number of hydrogen-bond acceptors (Lipinski definition) is 11. The Hall–Kier alpha value is -5.29. The van der Waals surface area contributed by atoms with Crippen molar-refractivity contribution in [3.63, 3.8) is 0 Å². The molecule has 0 saturated carbocycles. The van der Waals surface area contributed by atoms with Crippen molar-refractivity contribution < 1.29 is 24.3 Å². The number of thiazole rings is 1. The third kappa shape index (κ3) is 8.92. The first-order chi connectivity index (χ1) is 28.5. The normalized spacial score (nSPS) is 17.9. The second-order valence-corrected chi connectivity index (χ2v) is 18.8. The summed E-state index contributed by atoms with van der Waals surface area (Å²) in [6.07, 6.45) is -0.983. The maximum absolute atomic E-state index is 14.2. The van der Waals surface area contributed by atoms with Crippen LogP contribution in [0.1, 0.15) is 84.1 Å². The number of fused-ring (bicyclic) bond motifs is 3. The topological polar surface area (TPSA) is 184 Å². The minimum Gasteiger partial charge on any atom is -0.391 e. The number of amides is 4. The molecule has 4 N–H and O–H groups in total. The van der Waals surface area contributed by atoms with E-state index in [1.807, 2.05) is 61.7 Å². The number of carbonyl (C=O) groups is 4. The van der Waals surface area contributed by atoms with Gasteiger partial charge < -0.3 is 26.0 Å². The number of benzene rings is 2. The summed E-state index contributed by atoms with van der Waals surface area (Å²) in [5, 5.41) is 29.4. The van der Waals surface area contributed by atoms with E-state index in [4.69, 9.17) is 16.6 Å². The molecular weight excluding hydrogens is 822 g/mol. The van der Waals surface area contributed by atoms with Crippen LogP contribution in [0.25, 0.3) is 15.4 Å². The number of halogens is 1. The van der Waals surface area contributed by atoms with Gasteiger partial charge in [0.1, 0.15) is 29.0 Å². The maximum Gasteiger partial charge on any atom is 0.246 e. The molecule has 5 heterocycles. The standard InChI is InChI=1S/C43H48ClN9O5S2/c1-22-24(3)60-42-35(22)36(27-12-14-29(44)15-13-27)48-31(39-51-50-25(4)53(39)42)17-33(55)45-19-34(56)49-38(43(5,6)7)41(58)52-20-30(54)16-32(52)40(57)46-18-26-8-10-28(11-9-26)37-23(2)47-21-59-37/h8-15,21,30-32,38,54H,16-20H2,1-7H3,(H,45,55)(H,46,57)(H,49,56)/t30-,31+,32+,38-/m1/s1. The molecule has 1 fully saturated rings. The van der Waals surface area contributed by atoms with Crippen molar-refractivity contribution in [2.45, 2.75) is 92.1 Å². The molecule has 14 nitrogen and oxygen atoms in total. The number of thiophene rings is 1. The minimum absolute atomic E-state index is 0.0608. The fourth-order valence-electron chi connectivity index (χ4n) is 7.55. The van der Waals surface area contributed by atoms with Crippen molar-refractivity contribution >= 4 is 63.6 Å². The predicted molar refractivity (Wildman–Crippen MR) is 233 cm³/mol. The number of aliphatic hydroxyl groups is 1. The van der Waals surface area contributed by atoms with Gasteiger partial charge in [0, 0.05) is 40.5 Å². The highest BCUT2D eigenvalue weighted by Gasteiger charge is 2.44. The van der Waals surface area contributed by atoms with Crippen molar-refractivity contribution in [1.82, 2.24) is 40.6 Å². The van der Waals surface area contributed by atoms with Crippen LogP contribution >= 0.6 is 34.3 Å². The van der Waals surface area contributed by atoms with Crippen molar-refractivity contribution in [3.05, 3.63) is 104 Å². The molecule has 1 saturated heterocycles. The van der Waals surface area contributed by atoms with E-state index < -0.39 is 59.8 Å². The summed E-state index contributed by atoms with van der Waals surface area (Å²) < 4.78 is 1.95. The summed E-state index contributed by atoms with van der Waals surface area (Å²) in [6, 6.07) is 12.5. The van der Waals surface area contributed by atoms with Gasteiger partial charge in [-0.25, -0.2) is 4.98 Å². The van der Waals surface area contributed by atoms with E-state index in [2.05, 4.69) is 38.1 Å². The third-order valence-electron chi connectivity index (χ3n) is 10.9. The Morgan fingerprint density at radius 2 is 1.65 bits per heavy atom. The molecule has 7 rings (SSSR count). The Kier molecular flexibility index (Phi) is 12.4. The van der Waals surface area contributed by atoms with Gasteiger partial charge in [0.15, 0.2) is 5.82 Å². The Morgan fingerprint density at radius 1 is 0.950 bits per heavy atom. The molecule has 2 aromatic carbocycles. The Bertz CT molecular complexity index is 2470. The van der Waals surface area contributed by atoms with E-state index in [1.54, 1.807) is 61.1 Å². The van der Waals surface area contributed by atoms with Crippen molar-refractivity contribution in [2.24, 2.45) is 10.4 Å². The zero-order valence-electron chi connectivity index (χ0n) is 34.5. The van der Waals surface area contributed by atoms with Gasteiger partial charge in [-0.2, -0.15) is 0 Å². The lowest BCUT2D eigenvalue weighted by molar-refractivity contribution is -0.144. The van der Waals surface area contributed by atoms with Gasteiger partial charge in [0.25, 0.3) is 0 Å². The van der Waals surface area contributed by atoms with Gasteiger partial charge in [-0.1, -0.05) is 68.8 Å². The van der Waals surface area contributed by atoms with Crippen LogP contribution in [0.2, 0.25) is 5.02 Å².